The van der Waals surface area contributed by atoms with Gasteiger partial charge in [0.05, 0.1) is 0 Å². The summed E-state index contributed by atoms with van der Waals surface area (Å²) in [4.78, 5) is 38.0. The van der Waals surface area contributed by atoms with Crippen molar-refractivity contribution >= 4 is 17.9 Å². The molecule has 0 amide bonds. The standard InChI is InChI=1S/C51H98O6/c1-4-7-10-13-16-19-22-25-28-31-34-37-40-43-49(52)55-46-48(57-51(54)45-42-39-36-33-30-27-24-21-18-15-12-9-6-3)47-56-50(53)44-41-38-35-32-29-26-23-20-17-14-11-8-5-2/h48H,4-47H2,1-3H3/i1D3,4D2,7D2,10D2/t48-/m1/s1. The fourth-order valence-electron chi connectivity index (χ4n) is 7.28. The van der Waals surface area contributed by atoms with Crippen LogP contribution in [0.2, 0.25) is 0 Å². The van der Waals surface area contributed by atoms with E-state index < -0.39 is 32.1 Å². The average Bonchev–Trinajstić information content (AvgIpc) is 3.26. The molecule has 0 fully saturated rings. The molecule has 0 aromatic rings. The molecule has 0 N–H and O–H groups in total. The number of esters is 3. The van der Waals surface area contributed by atoms with Crippen molar-refractivity contribution in [2.45, 2.75) is 296 Å². The first-order chi connectivity index (χ1) is 31.4. The molecule has 0 aliphatic carbocycles. The molecule has 0 radical (unpaired) electrons. The summed E-state index contributed by atoms with van der Waals surface area (Å²) in [6, 6.07) is 0. The first-order valence-electron chi connectivity index (χ1n) is 28.9. The highest BCUT2D eigenvalue weighted by Gasteiger charge is 2.19. The second kappa shape index (κ2) is 47.1. The largest absolute Gasteiger partial charge is 0.462 e. The van der Waals surface area contributed by atoms with Crippen LogP contribution in [0.1, 0.15) is 303 Å². The molecule has 6 heteroatoms. The lowest BCUT2D eigenvalue weighted by atomic mass is 10.0. The van der Waals surface area contributed by atoms with E-state index in [9.17, 15) is 14.4 Å². The van der Waals surface area contributed by atoms with E-state index in [0.717, 1.165) is 77.0 Å². The van der Waals surface area contributed by atoms with Crippen LogP contribution in [0, 0.1) is 0 Å². The van der Waals surface area contributed by atoms with Gasteiger partial charge in [-0.1, -0.05) is 252 Å². The SMILES string of the molecule is [2H]C([2H])([2H])C([2H])([2H])C([2H])([2H])C([2H])([2H])CCCCCCCCCCCC(=O)OC[C@H](COC(=O)CCCCCCCCCCCCCCC)OC(=O)CCCCCCCCCCCCCCC. The number of carbonyl (C=O) groups is 3. The molecule has 0 bridgehead atoms. The van der Waals surface area contributed by atoms with E-state index in [-0.39, 0.29) is 50.4 Å². The number of rotatable bonds is 47. The fraction of sp³-hybridized carbons (Fsp3) is 0.941. The van der Waals surface area contributed by atoms with E-state index in [2.05, 4.69) is 13.8 Å². The summed E-state index contributed by atoms with van der Waals surface area (Å²) in [5.41, 5.74) is 0. The maximum atomic E-state index is 12.8. The van der Waals surface area contributed by atoms with Gasteiger partial charge in [0.15, 0.2) is 6.10 Å². The molecule has 0 aromatic heterocycles. The van der Waals surface area contributed by atoms with Crippen molar-refractivity contribution in [2.24, 2.45) is 0 Å². The van der Waals surface area contributed by atoms with Crippen LogP contribution in [0.4, 0.5) is 0 Å². The highest BCUT2D eigenvalue weighted by molar-refractivity contribution is 5.71. The molecule has 0 heterocycles. The molecule has 0 rings (SSSR count). The molecule has 1 atom stereocenters. The van der Waals surface area contributed by atoms with Crippen LogP contribution in [0.3, 0.4) is 0 Å². The van der Waals surface area contributed by atoms with Gasteiger partial charge in [0.1, 0.15) is 13.2 Å². The number of ether oxygens (including phenoxy) is 3. The number of unbranched alkanes of at least 4 members (excludes halogenated alkanes) is 32. The first kappa shape index (κ1) is 40.8. The lowest BCUT2D eigenvalue weighted by Gasteiger charge is -2.18. The van der Waals surface area contributed by atoms with E-state index >= 15 is 0 Å². The second-order valence-electron chi connectivity index (χ2n) is 16.6. The molecule has 0 saturated carbocycles. The molecule has 0 spiro atoms. The quantitative estimate of drug-likeness (QED) is 0.0346. The van der Waals surface area contributed by atoms with Gasteiger partial charge in [-0.2, -0.15) is 0 Å². The van der Waals surface area contributed by atoms with E-state index in [1.54, 1.807) is 0 Å². The lowest BCUT2D eigenvalue weighted by molar-refractivity contribution is -0.167. The first-order valence-corrected chi connectivity index (χ1v) is 24.4. The molecular formula is C51H98O6. The average molecular weight is 816 g/mol. The van der Waals surface area contributed by atoms with Crippen molar-refractivity contribution in [2.75, 3.05) is 13.2 Å². The highest BCUT2D eigenvalue weighted by Crippen LogP contribution is 2.16. The van der Waals surface area contributed by atoms with Crippen LogP contribution >= 0.6 is 0 Å². The molecule has 0 unspecified atom stereocenters. The second-order valence-corrected chi connectivity index (χ2v) is 16.6. The molecule has 0 saturated heterocycles. The summed E-state index contributed by atoms with van der Waals surface area (Å²) in [5.74, 6) is -1.09. The Bertz CT molecular complexity index is 1180. The van der Waals surface area contributed by atoms with E-state index in [1.807, 2.05) is 0 Å². The predicted molar refractivity (Wildman–Crippen MR) is 243 cm³/mol. The minimum Gasteiger partial charge on any atom is -0.462 e. The van der Waals surface area contributed by atoms with Crippen LogP contribution in [0.15, 0.2) is 0 Å². The van der Waals surface area contributed by atoms with Gasteiger partial charge >= 0.3 is 17.9 Å². The molecule has 0 aromatic carbocycles. The Kier molecular flexibility index (Phi) is 33.7. The van der Waals surface area contributed by atoms with Crippen LogP contribution < -0.4 is 0 Å². The Labute approximate surface area is 367 Å². The van der Waals surface area contributed by atoms with Crippen molar-refractivity contribution in [1.82, 2.24) is 0 Å². The van der Waals surface area contributed by atoms with Crippen molar-refractivity contribution in [3.8, 4) is 0 Å². The highest BCUT2D eigenvalue weighted by atomic mass is 16.6. The Hall–Kier alpha value is -1.59. The molecular weight excluding hydrogens is 709 g/mol. The minimum absolute atomic E-state index is 0.140. The zero-order valence-electron chi connectivity index (χ0n) is 46.5. The normalized spacial score (nSPS) is 15.2. The topological polar surface area (TPSA) is 78.9 Å². The van der Waals surface area contributed by atoms with Gasteiger partial charge < -0.3 is 14.2 Å². The summed E-state index contributed by atoms with van der Waals surface area (Å²) >= 11 is 0. The summed E-state index contributed by atoms with van der Waals surface area (Å²) < 4.78 is 86.2. The van der Waals surface area contributed by atoms with Crippen LogP contribution in [-0.4, -0.2) is 37.2 Å². The monoisotopic (exact) mass is 816 g/mol. The third kappa shape index (κ3) is 45.3. The molecule has 6 nitrogen and oxygen atoms in total. The number of hydrogen-bond donors (Lipinski definition) is 0. The van der Waals surface area contributed by atoms with E-state index in [1.165, 1.54) is 128 Å². The van der Waals surface area contributed by atoms with Crippen LogP contribution in [0.5, 0.6) is 0 Å². The Morgan fingerprint density at radius 2 is 0.667 bits per heavy atom. The molecule has 57 heavy (non-hydrogen) atoms. The zero-order valence-corrected chi connectivity index (χ0v) is 37.5. The van der Waals surface area contributed by atoms with Gasteiger partial charge in [-0.15, -0.1) is 0 Å². The zero-order chi connectivity index (χ0) is 49.4. The summed E-state index contributed by atoms with van der Waals surface area (Å²) in [6.07, 6.45) is 29.2. The fourth-order valence-corrected chi connectivity index (χ4v) is 7.28. The third-order valence-corrected chi connectivity index (χ3v) is 11.0. The van der Waals surface area contributed by atoms with Crippen LogP contribution in [-0.2, 0) is 28.6 Å². The van der Waals surface area contributed by atoms with Gasteiger partial charge in [-0.05, 0) is 19.3 Å². The summed E-state index contributed by atoms with van der Waals surface area (Å²) in [7, 11) is 0. The van der Waals surface area contributed by atoms with Crippen molar-refractivity contribution in [1.29, 1.82) is 0 Å². The summed E-state index contributed by atoms with van der Waals surface area (Å²) in [5, 5.41) is 0. The molecule has 338 valence electrons. The lowest BCUT2D eigenvalue weighted by Crippen LogP contribution is -2.30. The van der Waals surface area contributed by atoms with Gasteiger partial charge in [0.2, 0.25) is 0 Å². The smallest absolute Gasteiger partial charge is 0.306 e. The van der Waals surface area contributed by atoms with Gasteiger partial charge in [0.25, 0.3) is 0 Å². The Morgan fingerprint density at radius 1 is 0.386 bits per heavy atom. The van der Waals surface area contributed by atoms with Crippen molar-refractivity contribution < 1.29 is 40.9 Å². The maximum Gasteiger partial charge on any atom is 0.306 e. The van der Waals surface area contributed by atoms with Gasteiger partial charge in [-0.3, -0.25) is 14.4 Å². The maximum absolute atomic E-state index is 12.8. The van der Waals surface area contributed by atoms with Gasteiger partial charge in [0, 0.05) is 31.6 Å². The Morgan fingerprint density at radius 3 is 0.982 bits per heavy atom. The van der Waals surface area contributed by atoms with Crippen molar-refractivity contribution in [3.05, 3.63) is 0 Å². The predicted octanol–water partition coefficient (Wildman–Crippen LogP) is 16.4. The van der Waals surface area contributed by atoms with Gasteiger partial charge in [-0.25, -0.2) is 0 Å². The van der Waals surface area contributed by atoms with Crippen LogP contribution in [0.25, 0.3) is 0 Å². The van der Waals surface area contributed by atoms with E-state index in [0.29, 0.717) is 25.7 Å². The minimum atomic E-state index is -3.32. The van der Waals surface area contributed by atoms with E-state index in [4.69, 9.17) is 26.5 Å². The summed E-state index contributed by atoms with van der Waals surface area (Å²) in [6.45, 7) is 0.914. The molecule has 0 aliphatic rings. The number of carbonyl (C=O) groups excluding carboxylic acids is 3. The molecule has 0 aliphatic heterocycles. The van der Waals surface area contributed by atoms with Crippen molar-refractivity contribution in [3.63, 3.8) is 0 Å². The Balaban J connectivity index is 4.51. The number of hydrogen-bond acceptors (Lipinski definition) is 6. The third-order valence-electron chi connectivity index (χ3n) is 11.0.